The number of nitrogens with one attached hydrogen (secondary N) is 1. The van der Waals surface area contributed by atoms with E-state index in [0.29, 0.717) is 13.0 Å². The van der Waals surface area contributed by atoms with Crippen molar-refractivity contribution < 1.29 is 4.74 Å². The molecule has 0 bridgehead atoms. The summed E-state index contributed by atoms with van der Waals surface area (Å²) in [7, 11) is 0. The summed E-state index contributed by atoms with van der Waals surface area (Å²) in [4.78, 5) is 26.0. The van der Waals surface area contributed by atoms with Crippen molar-refractivity contribution in [2.24, 2.45) is 0 Å². The number of hydrogen-bond acceptors (Lipinski definition) is 3. The lowest BCUT2D eigenvalue weighted by Crippen LogP contribution is -2.50. The van der Waals surface area contributed by atoms with E-state index in [2.05, 4.69) is 4.98 Å². The highest BCUT2D eigenvalue weighted by Gasteiger charge is 2.40. The van der Waals surface area contributed by atoms with Crippen LogP contribution in [0.5, 0.6) is 0 Å². The Morgan fingerprint density at radius 3 is 2.81 bits per heavy atom. The summed E-state index contributed by atoms with van der Waals surface area (Å²) in [6.45, 7) is 4.24. The second-order valence-electron chi connectivity index (χ2n) is 4.22. The molecule has 0 saturated carbocycles. The second-order valence-corrected chi connectivity index (χ2v) is 4.62. The van der Waals surface area contributed by atoms with Crippen LogP contribution in [0.15, 0.2) is 15.7 Å². The largest absolute Gasteiger partial charge is 0.376 e. The van der Waals surface area contributed by atoms with Gasteiger partial charge in [-0.2, -0.15) is 0 Å². The lowest BCUT2D eigenvalue weighted by molar-refractivity contribution is 0.0726. The van der Waals surface area contributed by atoms with Crippen molar-refractivity contribution in [1.82, 2.24) is 9.55 Å². The Morgan fingerprint density at radius 2 is 2.31 bits per heavy atom. The molecule has 2 unspecified atom stereocenters. The van der Waals surface area contributed by atoms with Gasteiger partial charge in [-0.3, -0.25) is 14.3 Å². The molecule has 0 radical (unpaired) electrons. The van der Waals surface area contributed by atoms with Crippen LogP contribution in [0.4, 0.5) is 0 Å². The molecule has 0 spiro atoms. The van der Waals surface area contributed by atoms with E-state index in [1.165, 1.54) is 10.6 Å². The molecule has 0 amide bonds. The normalized spacial score (nSPS) is 29.6. The summed E-state index contributed by atoms with van der Waals surface area (Å²) in [5.74, 6) is 0. The third kappa shape index (κ3) is 1.60. The molecule has 1 aliphatic rings. The van der Waals surface area contributed by atoms with Crippen LogP contribution < -0.4 is 11.2 Å². The zero-order valence-electron chi connectivity index (χ0n) is 9.12. The van der Waals surface area contributed by atoms with Crippen LogP contribution in [0.1, 0.15) is 20.3 Å². The van der Waals surface area contributed by atoms with Gasteiger partial charge in [0.15, 0.2) is 0 Å². The molecule has 1 N–H and O–H groups in total. The molecule has 16 heavy (non-hydrogen) atoms. The average Bonchev–Trinajstić information content (AvgIpc) is 2.45. The van der Waals surface area contributed by atoms with E-state index in [0.717, 1.165) is 0 Å². The molecule has 5 nitrogen and oxygen atoms in total. The Kier molecular flexibility index (Phi) is 2.67. The second kappa shape index (κ2) is 3.75. The minimum absolute atomic E-state index is 0.0569. The monoisotopic (exact) mass is 244 g/mol. The Balaban J connectivity index is 2.65. The van der Waals surface area contributed by atoms with Crippen molar-refractivity contribution in [3.63, 3.8) is 0 Å². The van der Waals surface area contributed by atoms with Crippen molar-refractivity contribution in [2.75, 3.05) is 6.61 Å². The Bertz CT molecular complexity index is 490. The molecule has 2 heterocycles. The fraction of sp³-hybridized carbons (Fsp3) is 0.600. The molecule has 1 fully saturated rings. The zero-order valence-corrected chi connectivity index (χ0v) is 9.87. The average molecular weight is 245 g/mol. The van der Waals surface area contributed by atoms with E-state index in [-0.39, 0.29) is 11.3 Å². The molecule has 6 heteroatoms. The van der Waals surface area contributed by atoms with Gasteiger partial charge in [0.2, 0.25) is 0 Å². The van der Waals surface area contributed by atoms with Crippen LogP contribution in [-0.2, 0) is 10.3 Å². The maximum atomic E-state index is 11.8. The SMILES string of the molecule is CC1OCCC1(C)n1c(=O)cc(Cl)[nH]c1=O. The van der Waals surface area contributed by atoms with Gasteiger partial charge in [0.25, 0.3) is 5.56 Å². The van der Waals surface area contributed by atoms with Crippen LogP contribution in [0.3, 0.4) is 0 Å². The molecule has 1 aromatic rings. The molecule has 1 aliphatic heterocycles. The maximum Gasteiger partial charge on any atom is 0.330 e. The first-order valence-electron chi connectivity index (χ1n) is 5.09. The molecular weight excluding hydrogens is 232 g/mol. The number of hydrogen-bond donors (Lipinski definition) is 1. The first-order valence-corrected chi connectivity index (χ1v) is 5.47. The van der Waals surface area contributed by atoms with Crippen LogP contribution in [0.2, 0.25) is 5.15 Å². The van der Waals surface area contributed by atoms with Gasteiger partial charge in [0.1, 0.15) is 5.15 Å². The van der Waals surface area contributed by atoms with Gasteiger partial charge in [-0.15, -0.1) is 0 Å². The summed E-state index contributed by atoms with van der Waals surface area (Å²) >= 11 is 5.61. The van der Waals surface area contributed by atoms with Crippen LogP contribution in [-0.4, -0.2) is 22.3 Å². The van der Waals surface area contributed by atoms with Crippen molar-refractivity contribution in [3.8, 4) is 0 Å². The van der Waals surface area contributed by atoms with Gasteiger partial charge < -0.3 is 4.74 Å². The maximum absolute atomic E-state index is 11.8. The molecule has 1 aromatic heterocycles. The quantitative estimate of drug-likeness (QED) is 0.741. The lowest BCUT2D eigenvalue weighted by atomic mass is 9.94. The third-order valence-corrected chi connectivity index (χ3v) is 3.47. The van der Waals surface area contributed by atoms with Crippen molar-refractivity contribution >= 4 is 11.6 Å². The van der Waals surface area contributed by atoms with E-state index >= 15 is 0 Å². The molecule has 0 aromatic carbocycles. The van der Waals surface area contributed by atoms with Crippen LogP contribution in [0, 0.1) is 0 Å². The van der Waals surface area contributed by atoms with E-state index in [1.54, 1.807) is 0 Å². The van der Waals surface area contributed by atoms with Gasteiger partial charge in [0, 0.05) is 12.7 Å². The minimum Gasteiger partial charge on any atom is -0.376 e. The van der Waals surface area contributed by atoms with E-state index in [1.807, 2.05) is 13.8 Å². The van der Waals surface area contributed by atoms with Crippen LogP contribution in [0.25, 0.3) is 0 Å². The van der Waals surface area contributed by atoms with Gasteiger partial charge in [-0.1, -0.05) is 11.6 Å². The standard InChI is InChI=1S/C10H13ClN2O3/c1-6-10(2,3-4-16-6)13-8(14)5-7(11)12-9(13)15/h5-6H,3-4H2,1-2H3,(H,12,15). The number of ether oxygens (including phenoxy) is 1. The van der Waals surface area contributed by atoms with Gasteiger partial charge >= 0.3 is 5.69 Å². The van der Waals surface area contributed by atoms with E-state index in [4.69, 9.17) is 16.3 Å². The predicted octanol–water partition coefficient (Wildman–Crippen LogP) is 0.714. The fourth-order valence-corrected chi connectivity index (χ4v) is 2.24. The highest BCUT2D eigenvalue weighted by Crippen LogP contribution is 2.30. The molecule has 2 atom stereocenters. The molecule has 0 aliphatic carbocycles. The molecular formula is C10H13ClN2O3. The Morgan fingerprint density at radius 1 is 1.62 bits per heavy atom. The smallest absolute Gasteiger partial charge is 0.330 e. The predicted molar refractivity (Wildman–Crippen MR) is 60.0 cm³/mol. The topological polar surface area (TPSA) is 64.1 Å². The number of halogens is 1. The lowest BCUT2D eigenvalue weighted by Gasteiger charge is -2.28. The Hall–Kier alpha value is -1.07. The summed E-state index contributed by atoms with van der Waals surface area (Å²) in [5.41, 5.74) is -1.49. The number of aromatic nitrogens is 2. The summed E-state index contributed by atoms with van der Waals surface area (Å²) in [6, 6.07) is 1.21. The molecule has 88 valence electrons. The molecule has 1 saturated heterocycles. The van der Waals surface area contributed by atoms with Crippen molar-refractivity contribution in [1.29, 1.82) is 0 Å². The highest BCUT2D eigenvalue weighted by molar-refractivity contribution is 6.29. The van der Waals surface area contributed by atoms with Gasteiger partial charge in [-0.05, 0) is 20.3 Å². The van der Waals surface area contributed by atoms with Crippen molar-refractivity contribution in [3.05, 3.63) is 32.1 Å². The Labute approximate surface area is 97.0 Å². The number of nitrogens with zero attached hydrogens (tertiary/aromatic N) is 1. The number of aromatic amines is 1. The molecule has 2 rings (SSSR count). The minimum atomic E-state index is -0.602. The highest BCUT2D eigenvalue weighted by atomic mass is 35.5. The van der Waals surface area contributed by atoms with E-state index in [9.17, 15) is 9.59 Å². The zero-order chi connectivity index (χ0) is 11.9. The summed E-state index contributed by atoms with van der Waals surface area (Å²) in [6.07, 6.45) is 0.464. The van der Waals surface area contributed by atoms with Crippen LogP contribution >= 0.6 is 11.6 Å². The third-order valence-electron chi connectivity index (χ3n) is 3.26. The summed E-state index contributed by atoms with van der Waals surface area (Å²) in [5, 5.41) is 0.0569. The summed E-state index contributed by atoms with van der Waals surface area (Å²) < 4.78 is 6.61. The van der Waals surface area contributed by atoms with Gasteiger partial charge in [0.05, 0.1) is 11.6 Å². The number of H-pyrrole nitrogens is 1. The van der Waals surface area contributed by atoms with E-state index < -0.39 is 16.8 Å². The van der Waals surface area contributed by atoms with Gasteiger partial charge in [-0.25, -0.2) is 4.79 Å². The first-order chi connectivity index (χ1) is 7.45. The van der Waals surface area contributed by atoms with Crippen molar-refractivity contribution in [2.45, 2.75) is 31.9 Å². The number of rotatable bonds is 1. The first kappa shape index (κ1) is 11.4. The fourth-order valence-electron chi connectivity index (χ4n) is 2.07.